The first-order chi connectivity index (χ1) is 23.8. The molecule has 2 N–H and O–H groups in total. The minimum atomic E-state index is -0.870. The summed E-state index contributed by atoms with van der Waals surface area (Å²) in [6.45, 7) is 11.9. The van der Waals surface area contributed by atoms with E-state index in [1.807, 2.05) is 64.1 Å². The molecule has 9 heteroatoms. The van der Waals surface area contributed by atoms with E-state index in [-0.39, 0.29) is 44.9 Å². The van der Waals surface area contributed by atoms with Crippen molar-refractivity contribution in [3.8, 4) is 0 Å². The molecule has 2 aliphatic carbocycles. The van der Waals surface area contributed by atoms with Crippen LogP contribution in [0.2, 0.25) is 0 Å². The fourth-order valence-electron chi connectivity index (χ4n) is 4.74. The second-order valence-electron chi connectivity index (χ2n) is 12.7. The van der Waals surface area contributed by atoms with E-state index in [9.17, 15) is 27.2 Å². The van der Waals surface area contributed by atoms with Crippen LogP contribution in [0.4, 0.5) is 28.9 Å². The minimum absolute atomic E-state index is 0. The van der Waals surface area contributed by atoms with Gasteiger partial charge in [0, 0.05) is 34.1 Å². The maximum absolute atomic E-state index is 13.5. The van der Waals surface area contributed by atoms with Crippen molar-refractivity contribution in [1.82, 2.24) is 0 Å². The van der Waals surface area contributed by atoms with E-state index in [4.69, 9.17) is 0 Å². The number of unbranched alkanes of at least 4 members (excludes halogenated alkanes) is 4. The Morgan fingerprint density at radius 3 is 1.25 bits per heavy atom. The van der Waals surface area contributed by atoms with Gasteiger partial charge in [0.05, 0.1) is 0 Å². The summed E-state index contributed by atoms with van der Waals surface area (Å²) in [6.07, 6.45) is 29.1. The summed E-state index contributed by atoms with van der Waals surface area (Å²) in [6, 6.07) is 8.45. The summed E-state index contributed by atoms with van der Waals surface area (Å²) >= 11 is 0. The molecule has 2 amide bonds. The number of carbonyl (C=O) groups is 2. The molecule has 2 atom stereocenters. The van der Waals surface area contributed by atoms with Crippen LogP contribution in [0.15, 0.2) is 60.7 Å². The molecule has 2 aliphatic rings. The number of rotatable bonds is 14. The summed E-state index contributed by atoms with van der Waals surface area (Å²) in [7, 11) is 0. The molecule has 0 bridgehead atoms. The third-order valence-electron chi connectivity index (χ3n) is 8.71. The van der Waals surface area contributed by atoms with Gasteiger partial charge in [0.1, 0.15) is 0 Å². The van der Waals surface area contributed by atoms with Crippen LogP contribution in [0.3, 0.4) is 0 Å². The molecule has 0 fully saturated rings. The first-order valence-corrected chi connectivity index (χ1v) is 17.7. The number of halogens is 4. The number of amides is 2. The normalized spacial score (nSPS) is 14.3. The number of anilines is 2. The average Bonchev–Trinajstić information content (AvgIpc) is 3.88. The zero-order chi connectivity index (χ0) is 37.4. The van der Waals surface area contributed by atoms with Gasteiger partial charge in [0.2, 0.25) is 11.8 Å². The fraction of sp³-hybridized carbons (Fsp3) is 0.476. The Balaban J connectivity index is 0.000000754. The fourth-order valence-corrected chi connectivity index (χ4v) is 4.74. The third kappa shape index (κ3) is 18.7. The van der Waals surface area contributed by atoms with Crippen molar-refractivity contribution in [2.75, 3.05) is 10.6 Å². The van der Waals surface area contributed by atoms with Gasteiger partial charge in [0.15, 0.2) is 0 Å². The van der Waals surface area contributed by atoms with Gasteiger partial charge < -0.3 is 10.6 Å². The van der Waals surface area contributed by atoms with Crippen LogP contribution in [0.1, 0.15) is 119 Å². The van der Waals surface area contributed by atoms with Gasteiger partial charge in [-0.25, -0.2) is 41.9 Å². The molecule has 0 radical (unpaired) electrons. The molecule has 2 aromatic carbocycles. The molecular weight excluding hydrogens is 688 g/mol. The number of allylic oxidation sites excluding steroid dienone is 8. The van der Waals surface area contributed by atoms with Gasteiger partial charge in [-0.05, 0) is 37.1 Å². The van der Waals surface area contributed by atoms with Gasteiger partial charge in [-0.2, -0.15) is 12.2 Å². The summed E-state index contributed by atoms with van der Waals surface area (Å²) in [5.41, 5.74) is -1.11. The van der Waals surface area contributed by atoms with Crippen LogP contribution in [0.5, 0.6) is 0 Å². The Morgan fingerprint density at radius 1 is 0.647 bits per heavy atom. The van der Waals surface area contributed by atoms with Crippen molar-refractivity contribution in [3.63, 3.8) is 0 Å². The van der Waals surface area contributed by atoms with Gasteiger partial charge in [0.25, 0.3) is 0 Å². The van der Waals surface area contributed by atoms with Gasteiger partial charge in [-0.1, -0.05) is 80.1 Å². The number of hydrogen-bond acceptors (Lipinski definition) is 2. The number of benzene rings is 2. The SMILES string of the molecule is CCCCCC(C)(CC)C(=O)Nc1ccc(F)[c-]c1F.CCCCCC(C)(CC)C(=O)Nc1ccc(F)[c-]c1F.[C-]1=CC=CC1.[C-]1=CC=CC1.[Ti+4]. The third-order valence-corrected chi connectivity index (χ3v) is 8.71. The first-order valence-electron chi connectivity index (χ1n) is 17.7. The smallest absolute Gasteiger partial charge is 0.376 e. The molecule has 0 aliphatic heterocycles. The Labute approximate surface area is 319 Å². The van der Waals surface area contributed by atoms with Crippen LogP contribution in [0, 0.1) is 58.4 Å². The topological polar surface area (TPSA) is 58.2 Å². The summed E-state index contributed by atoms with van der Waals surface area (Å²) in [5, 5.41) is 5.09. The predicted molar refractivity (Wildman–Crippen MR) is 196 cm³/mol. The number of carbonyl (C=O) groups excluding carboxylic acids is 2. The molecule has 2 unspecified atom stereocenters. The molecular formula is C42H54F4N2O2Ti. The molecule has 0 spiro atoms. The van der Waals surface area contributed by atoms with Crippen molar-refractivity contribution in [1.29, 1.82) is 0 Å². The summed E-state index contributed by atoms with van der Waals surface area (Å²) in [4.78, 5) is 24.6. The Bertz CT molecular complexity index is 1310. The van der Waals surface area contributed by atoms with E-state index >= 15 is 0 Å². The van der Waals surface area contributed by atoms with Crippen LogP contribution in [-0.4, -0.2) is 11.8 Å². The summed E-state index contributed by atoms with van der Waals surface area (Å²) < 4.78 is 52.6. The van der Waals surface area contributed by atoms with Gasteiger partial charge in [-0.15, -0.1) is 49.2 Å². The molecule has 4 rings (SSSR count). The van der Waals surface area contributed by atoms with Crippen LogP contribution >= 0.6 is 0 Å². The van der Waals surface area contributed by atoms with E-state index in [1.165, 1.54) is 12.1 Å². The van der Waals surface area contributed by atoms with Crippen molar-refractivity contribution in [2.45, 2.75) is 119 Å². The van der Waals surface area contributed by atoms with Crippen LogP contribution in [-0.2, 0) is 31.3 Å². The Kier molecular flexibility index (Phi) is 24.9. The predicted octanol–water partition coefficient (Wildman–Crippen LogP) is 12.0. The number of nitrogens with one attached hydrogen (secondary N) is 2. The van der Waals surface area contributed by atoms with E-state index < -0.39 is 34.1 Å². The zero-order valence-corrected chi connectivity index (χ0v) is 32.6. The molecule has 0 saturated heterocycles. The first kappa shape index (κ1) is 47.8. The standard InChI is InChI=1S/2C16H22F2NO.2C5H5.Ti/c2*1-4-6-7-10-16(3,5-2)15(20)19-14-9-8-12(17)11-13(14)18;2*1-2-4-5-3-1;/h2*8-9H,4-7,10H2,1-3H3,(H,19,20);2*1-3H,4H2;/q4*-1;+4. The average molecular weight is 743 g/mol. The maximum atomic E-state index is 13.5. The van der Waals surface area contributed by atoms with Crippen molar-refractivity contribution in [2.24, 2.45) is 10.8 Å². The maximum Gasteiger partial charge on any atom is 4.00 e. The largest absolute Gasteiger partial charge is 4.00 e. The van der Waals surface area contributed by atoms with Crippen molar-refractivity contribution in [3.05, 3.63) is 108 Å². The molecule has 51 heavy (non-hydrogen) atoms. The zero-order valence-electron chi connectivity index (χ0n) is 31.1. The van der Waals surface area contributed by atoms with Gasteiger partial charge in [-0.3, -0.25) is 21.7 Å². The van der Waals surface area contributed by atoms with E-state index in [0.29, 0.717) is 12.8 Å². The Morgan fingerprint density at radius 2 is 1.02 bits per heavy atom. The van der Waals surface area contributed by atoms with Crippen LogP contribution in [0.25, 0.3) is 0 Å². The second-order valence-corrected chi connectivity index (χ2v) is 12.7. The molecule has 276 valence electrons. The van der Waals surface area contributed by atoms with Crippen LogP contribution < -0.4 is 10.6 Å². The molecule has 0 aromatic heterocycles. The molecule has 0 heterocycles. The van der Waals surface area contributed by atoms with E-state index in [2.05, 4.69) is 48.8 Å². The van der Waals surface area contributed by atoms with Gasteiger partial charge >= 0.3 is 21.7 Å². The number of hydrogen-bond donors (Lipinski definition) is 2. The quantitative estimate of drug-likeness (QED) is 0.0876. The minimum Gasteiger partial charge on any atom is -0.376 e. The second kappa shape index (κ2) is 26.5. The van der Waals surface area contributed by atoms with Crippen molar-refractivity contribution >= 4 is 23.2 Å². The van der Waals surface area contributed by atoms with E-state index in [1.54, 1.807) is 0 Å². The monoisotopic (exact) mass is 742 g/mol. The van der Waals surface area contributed by atoms with E-state index in [0.717, 1.165) is 76.3 Å². The molecule has 4 nitrogen and oxygen atoms in total. The molecule has 2 aromatic rings. The molecule has 0 saturated carbocycles. The Hall–Kier alpha value is -3.23. The van der Waals surface area contributed by atoms with Crippen molar-refractivity contribution < 1.29 is 48.9 Å². The summed E-state index contributed by atoms with van der Waals surface area (Å²) in [5.74, 6) is -3.75.